The summed E-state index contributed by atoms with van der Waals surface area (Å²) < 4.78 is 46.3. The molecule has 31 heavy (non-hydrogen) atoms. The molecule has 0 bridgehead atoms. The molecule has 1 aromatic heterocycles. The van der Waals surface area contributed by atoms with Crippen molar-refractivity contribution in [1.82, 2.24) is 0 Å². The second kappa shape index (κ2) is 7.50. The minimum absolute atomic E-state index is 0.133. The summed E-state index contributed by atoms with van der Waals surface area (Å²) in [5.74, 6) is -0.0406. The van der Waals surface area contributed by atoms with Crippen LogP contribution in [0.2, 0.25) is 0 Å². The standard InChI is InChI=1S/C24H20FNO4S/c25-20-11-6-10-17-18(24(27)26-23(17)20)13-22-19(16-9-4-5-12-21(16)30-22)14-31(28,29)15-7-2-1-3-8-15/h1-3,6-8,10-11,13H,4-5,9,12,14H2,(H,26,27). The lowest BCUT2D eigenvalue weighted by atomic mass is 9.95. The van der Waals surface area contributed by atoms with Crippen molar-refractivity contribution in [2.24, 2.45) is 0 Å². The Morgan fingerprint density at radius 1 is 1.03 bits per heavy atom. The van der Waals surface area contributed by atoms with E-state index >= 15 is 0 Å². The number of aryl methyl sites for hydroxylation is 1. The van der Waals surface area contributed by atoms with Crippen molar-refractivity contribution in [3.05, 3.63) is 82.6 Å². The maximum Gasteiger partial charge on any atom is 0.256 e. The maximum atomic E-state index is 14.1. The fourth-order valence-electron chi connectivity index (χ4n) is 4.28. The summed E-state index contributed by atoms with van der Waals surface area (Å²) in [7, 11) is -3.60. The predicted molar refractivity (Wildman–Crippen MR) is 116 cm³/mol. The number of halogens is 1. The van der Waals surface area contributed by atoms with Crippen LogP contribution in [0.1, 0.15) is 41.1 Å². The number of hydrogen-bond acceptors (Lipinski definition) is 4. The van der Waals surface area contributed by atoms with E-state index in [0.717, 1.165) is 37.0 Å². The number of carbonyl (C=O) groups excluding carboxylic acids is 1. The number of benzene rings is 2. The first-order valence-electron chi connectivity index (χ1n) is 10.2. The largest absolute Gasteiger partial charge is 0.461 e. The SMILES string of the molecule is O=C1Nc2c(F)cccc2C1=Cc1oc2c(c1CS(=O)(=O)c1ccccc1)CCCC2. The van der Waals surface area contributed by atoms with Gasteiger partial charge < -0.3 is 9.73 Å². The minimum atomic E-state index is -3.60. The zero-order valence-corrected chi connectivity index (χ0v) is 17.5. The third-order valence-corrected chi connectivity index (χ3v) is 7.47. The number of sulfone groups is 1. The van der Waals surface area contributed by atoms with Crippen LogP contribution >= 0.6 is 0 Å². The molecule has 158 valence electrons. The molecule has 5 nitrogen and oxygen atoms in total. The van der Waals surface area contributed by atoms with E-state index in [1.54, 1.807) is 42.5 Å². The van der Waals surface area contributed by atoms with E-state index in [1.807, 2.05) is 0 Å². The van der Waals surface area contributed by atoms with Crippen LogP contribution in [0.15, 0.2) is 57.8 Å². The summed E-state index contributed by atoms with van der Waals surface area (Å²) in [6.07, 6.45) is 4.94. The molecule has 1 N–H and O–H groups in total. The molecule has 1 amide bonds. The van der Waals surface area contributed by atoms with E-state index in [1.165, 1.54) is 12.1 Å². The number of carbonyl (C=O) groups is 1. The molecule has 0 fully saturated rings. The minimum Gasteiger partial charge on any atom is -0.461 e. The van der Waals surface area contributed by atoms with E-state index in [0.29, 0.717) is 16.9 Å². The molecule has 0 saturated carbocycles. The van der Waals surface area contributed by atoms with Crippen LogP contribution in [0.4, 0.5) is 10.1 Å². The average molecular weight is 437 g/mol. The van der Waals surface area contributed by atoms with Gasteiger partial charge in [0, 0.05) is 17.5 Å². The van der Waals surface area contributed by atoms with Crippen molar-refractivity contribution in [2.45, 2.75) is 36.3 Å². The maximum absolute atomic E-state index is 14.1. The summed E-state index contributed by atoms with van der Waals surface area (Å²) in [4.78, 5) is 12.8. The summed E-state index contributed by atoms with van der Waals surface area (Å²) >= 11 is 0. The van der Waals surface area contributed by atoms with E-state index in [9.17, 15) is 17.6 Å². The van der Waals surface area contributed by atoms with Gasteiger partial charge >= 0.3 is 0 Å². The monoisotopic (exact) mass is 437 g/mol. The van der Waals surface area contributed by atoms with Crippen LogP contribution in [0, 0.1) is 5.82 Å². The molecule has 2 heterocycles. The zero-order chi connectivity index (χ0) is 21.6. The van der Waals surface area contributed by atoms with E-state index in [-0.39, 0.29) is 21.9 Å². The lowest BCUT2D eigenvalue weighted by molar-refractivity contribution is -0.110. The van der Waals surface area contributed by atoms with E-state index < -0.39 is 21.6 Å². The van der Waals surface area contributed by atoms with Gasteiger partial charge in [-0.15, -0.1) is 0 Å². The first-order valence-corrected chi connectivity index (χ1v) is 11.8. The average Bonchev–Trinajstić information content (AvgIpc) is 3.27. The van der Waals surface area contributed by atoms with Crippen molar-refractivity contribution in [2.75, 3.05) is 5.32 Å². The van der Waals surface area contributed by atoms with Crippen molar-refractivity contribution in [1.29, 1.82) is 0 Å². The van der Waals surface area contributed by atoms with Gasteiger partial charge in [-0.2, -0.15) is 0 Å². The number of nitrogens with one attached hydrogen (secondary N) is 1. The molecule has 0 spiro atoms. The van der Waals surface area contributed by atoms with Crippen LogP contribution in [0.5, 0.6) is 0 Å². The Bertz CT molecular complexity index is 1320. The fraction of sp³-hybridized carbons (Fsp3) is 0.208. The van der Waals surface area contributed by atoms with Crippen LogP contribution in [-0.4, -0.2) is 14.3 Å². The predicted octanol–water partition coefficient (Wildman–Crippen LogP) is 4.76. The van der Waals surface area contributed by atoms with Gasteiger partial charge in [-0.3, -0.25) is 4.79 Å². The Kier molecular flexibility index (Phi) is 4.78. The summed E-state index contributed by atoms with van der Waals surface area (Å²) in [5, 5.41) is 2.55. The zero-order valence-electron chi connectivity index (χ0n) is 16.7. The lowest BCUT2D eigenvalue weighted by Gasteiger charge is -2.11. The number of rotatable bonds is 4. The summed E-state index contributed by atoms with van der Waals surface area (Å²) in [6, 6.07) is 12.8. The highest BCUT2D eigenvalue weighted by Crippen LogP contribution is 2.38. The topological polar surface area (TPSA) is 76.4 Å². The summed E-state index contributed by atoms with van der Waals surface area (Å²) in [6.45, 7) is 0. The first kappa shape index (κ1) is 19.8. The Morgan fingerprint density at radius 2 is 1.81 bits per heavy atom. The highest BCUT2D eigenvalue weighted by atomic mass is 32.2. The molecule has 7 heteroatoms. The first-order chi connectivity index (χ1) is 14.9. The van der Waals surface area contributed by atoms with Gasteiger partial charge in [-0.1, -0.05) is 30.3 Å². The van der Waals surface area contributed by atoms with Crippen molar-refractivity contribution in [3.63, 3.8) is 0 Å². The van der Waals surface area contributed by atoms with E-state index in [4.69, 9.17) is 4.42 Å². The molecule has 0 atom stereocenters. The molecule has 5 rings (SSSR count). The van der Waals surface area contributed by atoms with Crippen molar-refractivity contribution in [3.8, 4) is 0 Å². The lowest BCUT2D eigenvalue weighted by Crippen LogP contribution is -2.09. The van der Waals surface area contributed by atoms with Gasteiger partial charge in [-0.05, 0) is 49.1 Å². The smallest absolute Gasteiger partial charge is 0.256 e. The third kappa shape index (κ3) is 3.49. The molecule has 0 radical (unpaired) electrons. The quantitative estimate of drug-likeness (QED) is 0.597. The molecule has 0 unspecified atom stereocenters. The van der Waals surface area contributed by atoms with Crippen LogP contribution in [-0.2, 0) is 33.2 Å². The highest BCUT2D eigenvalue weighted by Gasteiger charge is 2.30. The Balaban J connectivity index is 1.63. The number of anilines is 1. The van der Waals surface area contributed by atoms with Gasteiger partial charge in [0.2, 0.25) is 0 Å². The molecule has 2 aromatic carbocycles. The molecule has 3 aromatic rings. The van der Waals surface area contributed by atoms with E-state index in [2.05, 4.69) is 5.32 Å². The molecule has 0 saturated heterocycles. The molecule has 2 aliphatic rings. The van der Waals surface area contributed by atoms with Gasteiger partial charge in [0.1, 0.15) is 17.3 Å². The Labute approximate surface area is 179 Å². The summed E-state index contributed by atoms with van der Waals surface area (Å²) in [5.41, 5.74) is 2.34. The second-order valence-electron chi connectivity index (χ2n) is 7.80. The van der Waals surface area contributed by atoms with Crippen LogP contribution in [0.3, 0.4) is 0 Å². The molecule has 1 aliphatic carbocycles. The number of amides is 1. The van der Waals surface area contributed by atoms with Crippen molar-refractivity contribution < 1.29 is 22.0 Å². The number of furan rings is 1. The van der Waals surface area contributed by atoms with Gasteiger partial charge in [0.15, 0.2) is 9.84 Å². The van der Waals surface area contributed by atoms with Gasteiger partial charge in [-0.25, -0.2) is 12.8 Å². The number of para-hydroxylation sites is 1. The highest BCUT2D eigenvalue weighted by molar-refractivity contribution is 7.90. The van der Waals surface area contributed by atoms with Crippen molar-refractivity contribution >= 4 is 33.1 Å². The van der Waals surface area contributed by atoms with Crippen LogP contribution in [0.25, 0.3) is 11.6 Å². The number of fused-ring (bicyclic) bond motifs is 2. The molecular formula is C24H20FNO4S. The fourth-order valence-corrected chi connectivity index (χ4v) is 5.72. The Hall–Kier alpha value is -3.19. The van der Waals surface area contributed by atoms with Crippen LogP contribution < -0.4 is 5.32 Å². The number of hydrogen-bond donors (Lipinski definition) is 1. The van der Waals surface area contributed by atoms with Gasteiger partial charge in [0.05, 0.1) is 21.9 Å². The third-order valence-electron chi connectivity index (χ3n) is 5.81. The molecule has 1 aliphatic heterocycles. The molecular weight excluding hydrogens is 417 g/mol. The Morgan fingerprint density at radius 3 is 2.61 bits per heavy atom. The van der Waals surface area contributed by atoms with Gasteiger partial charge in [0.25, 0.3) is 5.91 Å². The normalized spacial score (nSPS) is 16.8. The second-order valence-corrected chi connectivity index (χ2v) is 9.79.